The predicted octanol–water partition coefficient (Wildman–Crippen LogP) is 10.0. The van der Waals surface area contributed by atoms with Crippen molar-refractivity contribution >= 4 is 40.3 Å². The van der Waals surface area contributed by atoms with Crippen LogP contribution in [0.2, 0.25) is 13.1 Å². The zero-order valence-corrected chi connectivity index (χ0v) is 29.1. The molecule has 10 rings (SSSR count). The third kappa shape index (κ3) is 3.83. The molecule has 0 bridgehead atoms. The average Bonchev–Trinajstić information content (AvgIpc) is 3.69. The highest BCUT2D eigenvalue weighted by Gasteiger charge is 2.42. The number of rotatable bonds is 3. The van der Waals surface area contributed by atoms with Gasteiger partial charge in [0, 0.05) is 33.0 Å². The molecule has 0 amide bonds. The first-order chi connectivity index (χ1) is 23.8. The van der Waals surface area contributed by atoms with E-state index in [0.717, 1.165) is 34.0 Å². The lowest BCUT2D eigenvalue weighted by Gasteiger charge is -2.24. The molecule has 0 saturated carbocycles. The van der Waals surface area contributed by atoms with Gasteiger partial charge in [0.2, 0.25) is 0 Å². The van der Waals surface area contributed by atoms with Crippen molar-refractivity contribution in [2.75, 3.05) is 0 Å². The fourth-order valence-corrected chi connectivity index (χ4v) is 12.1. The summed E-state index contributed by atoms with van der Waals surface area (Å²) in [7, 11) is -2.10. The Balaban J connectivity index is 1.27. The maximum atomic E-state index is 5.43. The van der Waals surface area contributed by atoms with Gasteiger partial charge in [-0.15, -0.1) is 0 Å². The summed E-state index contributed by atoms with van der Waals surface area (Å²) in [6.07, 6.45) is 0. The Labute approximate surface area is 287 Å². The molecule has 2 aromatic heterocycles. The van der Waals surface area contributed by atoms with E-state index in [1.165, 1.54) is 60.0 Å². The van der Waals surface area contributed by atoms with Crippen molar-refractivity contribution in [3.63, 3.8) is 0 Å². The van der Waals surface area contributed by atoms with Gasteiger partial charge in [-0.25, -0.2) is 9.97 Å². The molecule has 0 atom stereocenters. The van der Waals surface area contributed by atoms with Crippen molar-refractivity contribution in [3.05, 3.63) is 151 Å². The molecule has 6 aromatic carbocycles. The number of nitrogens with zero attached hydrogens (tertiary/aromatic N) is 3. The van der Waals surface area contributed by atoms with Crippen molar-refractivity contribution < 1.29 is 0 Å². The molecule has 0 saturated heterocycles. The molecule has 234 valence electrons. The quantitative estimate of drug-likeness (QED) is 0.179. The van der Waals surface area contributed by atoms with E-state index in [2.05, 4.69) is 171 Å². The second kappa shape index (κ2) is 9.97. The molecule has 3 nitrogen and oxygen atoms in total. The van der Waals surface area contributed by atoms with Crippen molar-refractivity contribution in [1.82, 2.24) is 14.5 Å². The second-order valence-electron chi connectivity index (χ2n) is 14.6. The number of benzene rings is 6. The van der Waals surface area contributed by atoms with Crippen LogP contribution in [-0.4, -0.2) is 22.6 Å². The van der Waals surface area contributed by atoms with Crippen LogP contribution >= 0.6 is 0 Å². The summed E-state index contributed by atoms with van der Waals surface area (Å²) in [4.78, 5) is 10.7. The Morgan fingerprint density at radius 3 is 2.12 bits per heavy atom. The van der Waals surface area contributed by atoms with Crippen molar-refractivity contribution in [3.8, 4) is 50.7 Å². The van der Waals surface area contributed by atoms with Gasteiger partial charge in [0.1, 0.15) is 8.07 Å². The lowest BCUT2D eigenvalue weighted by molar-refractivity contribution is 0.664. The van der Waals surface area contributed by atoms with Gasteiger partial charge in [0.05, 0.1) is 22.4 Å². The molecule has 4 heteroatoms. The molecule has 0 unspecified atom stereocenters. The van der Waals surface area contributed by atoms with Crippen LogP contribution in [0.1, 0.15) is 25.0 Å². The molecule has 3 heterocycles. The van der Waals surface area contributed by atoms with Crippen molar-refractivity contribution in [2.24, 2.45) is 0 Å². The number of aromatic nitrogens is 3. The highest BCUT2D eigenvalue weighted by atomic mass is 28.3. The molecule has 1 aliphatic heterocycles. The Kier molecular flexibility index (Phi) is 5.79. The normalized spacial score (nSPS) is 14.9. The molecule has 0 spiro atoms. The van der Waals surface area contributed by atoms with Gasteiger partial charge in [-0.05, 0) is 56.4 Å². The van der Waals surface area contributed by atoms with Gasteiger partial charge in [0.15, 0.2) is 5.82 Å². The summed E-state index contributed by atoms with van der Waals surface area (Å²) < 4.78 is 2.51. The summed E-state index contributed by atoms with van der Waals surface area (Å²) in [5.41, 5.74) is 14.5. The average molecular weight is 646 g/mol. The maximum absolute atomic E-state index is 5.43. The van der Waals surface area contributed by atoms with E-state index in [1.54, 1.807) is 0 Å². The Hall–Kier alpha value is -5.58. The largest absolute Gasteiger partial charge is 0.309 e. The predicted molar refractivity (Wildman–Crippen MR) is 207 cm³/mol. The summed E-state index contributed by atoms with van der Waals surface area (Å²) in [6.45, 7) is 9.67. The lowest BCUT2D eigenvalue weighted by atomic mass is 9.81. The summed E-state index contributed by atoms with van der Waals surface area (Å²) in [5, 5.41) is 5.32. The van der Waals surface area contributed by atoms with Gasteiger partial charge in [-0.1, -0.05) is 148 Å². The van der Waals surface area contributed by atoms with E-state index in [9.17, 15) is 0 Å². The van der Waals surface area contributed by atoms with Crippen LogP contribution in [0.3, 0.4) is 0 Å². The SMILES string of the molecule is CC1(C)c2ccccc2-c2ccc3c4ccccc4n(-c4cccc(-c5nc(-c6ccccc6)nc6c5[Si](C)(C)c5ccccc5-6)c4)c3c21. The van der Waals surface area contributed by atoms with Crippen LogP contribution < -0.4 is 10.4 Å². The zero-order valence-electron chi connectivity index (χ0n) is 28.1. The molecule has 0 N–H and O–H groups in total. The van der Waals surface area contributed by atoms with Crippen LogP contribution in [0.4, 0.5) is 0 Å². The molecule has 0 fully saturated rings. The van der Waals surface area contributed by atoms with Crippen molar-refractivity contribution in [1.29, 1.82) is 0 Å². The molecular formula is C45H35N3Si. The van der Waals surface area contributed by atoms with Crippen LogP contribution in [0, 0.1) is 0 Å². The van der Waals surface area contributed by atoms with E-state index in [1.807, 2.05) is 0 Å². The summed E-state index contributed by atoms with van der Waals surface area (Å²) >= 11 is 0. The van der Waals surface area contributed by atoms with E-state index in [0.29, 0.717) is 0 Å². The van der Waals surface area contributed by atoms with Gasteiger partial charge in [-0.3, -0.25) is 0 Å². The topological polar surface area (TPSA) is 30.7 Å². The third-order valence-electron chi connectivity index (χ3n) is 11.2. The van der Waals surface area contributed by atoms with Gasteiger partial charge in [-0.2, -0.15) is 0 Å². The monoisotopic (exact) mass is 645 g/mol. The number of para-hydroxylation sites is 1. The van der Waals surface area contributed by atoms with Crippen molar-refractivity contribution in [2.45, 2.75) is 32.4 Å². The number of hydrogen-bond acceptors (Lipinski definition) is 2. The maximum Gasteiger partial charge on any atom is 0.160 e. The third-order valence-corrected chi connectivity index (χ3v) is 14.7. The van der Waals surface area contributed by atoms with E-state index < -0.39 is 8.07 Å². The lowest BCUT2D eigenvalue weighted by Crippen LogP contribution is -2.50. The molecular weight excluding hydrogens is 611 g/mol. The van der Waals surface area contributed by atoms with Gasteiger partial charge in [0.25, 0.3) is 0 Å². The Morgan fingerprint density at radius 2 is 1.27 bits per heavy atom. The number of hydrogen-bond donors (Lipinski definition) is 0. The first-order valence-corrected chi connectivity index (χ1v) is 20.2. The van der Waals surface area contributed by atoms with E-state index >= 15 is 0 Å². The van der Waals surface area contributed by atoms with Crippen LogP contribution in [0.5, 0.6) is 0 Å². The van der Waals surface area contributed by atoms with Gasteiger partial charge >= 0.3 is 0 Å². The zero-order chi connectivity index (χ0) is 33.1. The fourth-order valence-electron chi connectivity index (χ4n) is 8.92. The summed E-state index contributed by atoms with van der Waals surface area (Å²) in [5.74, 6) is 0.774. The molecule has 0 radical (unpaired) electrons. The van der Waals surface area contributed by atoms with E-state index in [-0.39, 0.29) is 5.41 Å². The first-order valence-electron chi connectivity index (χ1n) is 17.2. The highest BCUT2D eigenvalue weighted by Crippen LogP contribution is 2.53. The minimum absolute atomic E-state index is 0.144. The second-order valence-corrected chi connectivity index (χ2v) is 18.9. The van der Waals surface area contributed by atoms with Crippen LogP contribution in [-0.2, 0) is 5.41 Å². The molecule has 8 aromatic rings. The molecule has 49 heavy (non-hydrogen) atoms. The Bertz CT molecular complexity index is 2660. The Morgan fingerprint density at radius 1 is 0.571 bits per heavy atom. The molecule has 1 aliphatic carbocycles. The molecule has 2 aliphatic rings. The number of fused-ring (bicyclic) bond motifs is 10. The minimum atomic E-state index is -2.10. The first kappa shape index (κ1) is 28.4. The summed E-state index contributed by atoms with van der Waals surface area (Å²) in [6, 6.07) is 50.9. The highest BCUT2D eigenvalue weighted by molar-refractivity contribution is 7.04. The fraction of sp³-hybridized carbons (Fsp3) is 0.111. The minimum Gasteiger partial charge on any atom is -0.309 e. The smallest absolute Gasteiger partial charge is 0.160 e. The van der Waals surface area contributed by atoms with Crippen LogP contribution in [0.25, 0.3) is 72.5 Å². The van der Waals surface area contributed by atoms with Crippen LogP contribution in [0.15, 0.2) is 140 Å². The van der Waals surface area contributed by atoms with E-state index in [4.69, 9.17) is 9.97 Å². The van der Waals surface area contributed by atoms with Gasteiger partial charge < -0.3 is 4.57 Å². The standard InChI is InChI=1S/C45H35N3Si/c1-45(2)36-22-11-8-19-31(36)33-25-26-34-32-20-9-12-23-37(32)48(42(34)39(33)45)30-18-14-17-29(27-30)40-43-41(35-21-10-13-24-38(35)49(43,3)4)47-44(46-40)28-15-6-5-7-16-28/h5-27H,1-4H3.